The SMILES string of the molecule is O=C(c1cc(F)cnc1NC1CC(F)(F)C1)N1CCC1. The summed E-state index contributed by atoms with van der Waals surface area (Å²) in [7, 11) is 0. The van der Waals surface area contributed by atoms with Gasteiger partial charge in [-0.25, -0.2) is 18.2 Å². The Morgan fingerprint density at radius 1 is 1.40 bits per heavy atom. The molecule has 0 unspecified atom stereocenters. The Bertz CT molecular complexity index is 538. The lowest BCUT2D eigenvalue weighted by Crippen LogP contribution is -2.45. The van der Waals surface area contributed by atoms with Gasteiger partial charge in [0, 0.05) is 32.0 Å². The second kappa shape index (κ2) is 4.64. The highest BCUT2D eigenvalue weighted by molar-refractivity contribution is 5.99. The van der Waals surface area contributed by atoms with Crippen molar-refractivity contribution in [1.29, 1.82) is 0 Å². The fourth-order valence-corrected chi connectivity index (χ4v) is 2.36. The maximum Gasteiger partial charge on any atom is 0.257 e. The van der Waals surface area contributed by atoms with Crippen molar-refractivity contribution < 1.29 is 18.0 Å². The first-order chi connectivity index (χ1) is 9.44. The number of halogens is 3. The number of amides is 1. The molecule has 20 heavy (non-hydrogen) atoms. The summed E-state index contributed by atoms with van der Waals surface area (Å²) >= 11 is 0. The van der Waals surface area contributed by atoms with Gasteiger partial charge < -0.3 is 10.2 Å². The molecular formula is C13H14F3N3O. The Hall–Kier alpha value is -1.79. The highest BCUT2D eigenvalue weighted by atomic mass is 19.3. The molecule has 108 valence electrons. The van der Waals surface area contributed by atoms with Gasteiger partial charge in [-0.05, 0) is 12.5 Å². The van der Waals surface area contributed by atoms with Gasteiger partial charge >= 0.3 is 0 Å². The third-order valence-electron chi connectivity index (χ3n) is 3.66. The van der Waals surface area contributed by atoms with Crippen LogP contribution in [0, 0.1) is 5.82 Å². The topological polar surface area (TPSA) is 45.2 Å². The third kappa shape index (κ3) is 2.44. The average molecular weight is 285 g/mol. The number of carbonyl (C=O) groups excluding carboxylic acids is 1. The lowest BCUT2D eigenvalue weighted by Gasteiger charge is -2.36. The highest BCUT2D eigenvalue weighted by Gasteiger charge is 2.45. The van der Waals surface area contributed by atoms with Crippen molar-refractivity contribution in [2.45, 2.75) is 31.2 Å². The van der Waals surface area contributed by atoms with Crippen molar-refractivity contribution in [3.05, 3.63) is 23.6 Å². The lowest BCUT2D eigenvalue weighted by atomic mass is 9.88. The fourth-order valence-electron chi connectivity index (χ4n) is 2.36. The molecule has 1 aliphatic carbocycles. The van der Waals surface area contributed by atoms with Crippen molar-refractivity contribution in [3.8, 4) is 0 Å². The number of nitrogens with zero attached hydrogens (tertiary/aromatic N) is 2. The molecule has 0 radical (unpaired) electrons. The van der Waals surface area contributed by atoms with E-state index in [0.29, 0.717) is 13.1 Å². The number of nitrogens with one attached hydrogen (secondary N) is 1. The molecule has 1 aromatic heterocycles. The number of anilines is 1. The van der Waals surface area contributed by atoms with E-state index in [1.54, 1.807) is 4.90 Å². The Morgan fingerprint density at radius 2 is 2.10 bits per heavy atom. The summed E-state index contributed by atoms with van der Waals surface area (Å²) in [6.45, 7) is 1.27. The molecule has 7 heteroatoms. The number of rotatable bonds is 3. The quantitative estimate of drug-likeness (QED) is 0.926. The molecule has 0 bridgehead atoms. The molecule has 4 nitrogen and oxygen atoms in total. The molecule has 1 aromatic rings. The minimum absolute atomic E-state index is 0.111. The number of aromatic nitrogens is 1. The van der Waals surface area contributed by atoms with E-state index >= 15 is 0 Å². The molecule has 0 spiro atoms. The van der Waals surface area contributed by atoms with Gasteiger partial charge in [0.1, 0.15) is 11.6 Å². The van der Waals surface area contributed by atoms with E-state index in [4.69, 9.17) is 0 Å². The largest absolute Gasteiger partial charge is 0.366 e. The summed E-state index contributed by atoms with van der Waals surface area (Å²) < 4.78 is 38.9. The van der Waals surface area contributed by atoms with Gasteiger partial charge in [-0.1, -0.05) is 0 Å². The molecule has 2 heterocycles. The van der Waals surface area contributed by atoms with E-state index in [1.807, 2.05) is 0 Å². The van der Waals surface area contributed by atoms with Crippen LogP contribution in [0.1, 0.15) is 29.6 Å². The first-order valence-electron chi connectivity index (χ1n) is 6.54. The maximum atomic E-state index is 13.3. The summed E-state index contributed by atoms with van der Waals surface area (Å²) in [6.07, 6.45) is 1.32. The zero-order chi connectivity index (χ0) is 14.3. The van der Waals surface area contributed by atoms with Gasteiger partial charge in [0.25, 0.3) is 11.8 Å². The predicted molar refractivity (Wildman–Crippen MR) is 66.3 cm³/mol. The van der Waals surface area contributed by atoms with Crippen LogP contribution in [0.4, 0.5) is 19.0 Å². The first-order valence-corrected chi connectivity index (χ1v) is 6.54. The third-order valence-corrected chi connectivity index (χ3v) is 3.66. The summed E-state index contributed by atoms with van der Waals surface area (Å²) in [6, 6.07) is 0.679. The molecule has 0 atom stereocenters. The average Bonchev–Trinajstić information content (AvgIpc) is 2.26. The highest BCUT2D eigenvalue weighted by Crippen LogP contribution is 2.39. The second-order valence-corrected chi connectivity index (χ2v) is 5.30. The van der Waals surface area contributed by atoms with Crippen LogP contribution in [0.25, 0.3) is 0 Å². The van der Waals surface area contributed by atoms with Crippen LogP contribution in [0.3, 0.4) is 0 Å². The molecular weight excluding hydrogens is 271 g/mol. The first kappa shape index (κ1) is 13.2. The number of carbonyl (C=O) groups is 1. The summed E-state index contributed by atoms with van der Waals surface area (Å²) in [4.78, 5) is 17.6. The minimum Gasteiger partial charge on any atom is -0.366 e. The van der Waals surface area contributed by atoms with Crippen molar-refractivity contribution in [2.75, 3.05) is 18.4 Å². The Kier molecular flexibility index (Phi) is 3.07. The number of hydrogen-bond acceptors (Lipinski definition) is 3. The monoisotopic (exact) mass is 285 g/mol. The van der Waals surface area contributed by atoms with Gasteiger partial charge in [0.15, 0.2) is 0 Å². The van der Waals surface area contributed by atoms with Gasteiger partial charge in [0.05, 0.1) is 11.8 Å². The van der Waals surface area contributed by atoms with Crippen LogP contribution in [0.15, 0.2) is 12.3 Å². The molecule has 1 saturated heterocycles. The van der Waals surface area contributed by atoms with E-state index < -0.39 is 17.8 Å². The fraction of sp³-hybridized carbons (Fsp3) is 0.538. The van der Waals surface area contributed by atoms with Crippen LogP contribution in [-0.4, -0.2) is 40.8 Å². The van der Waals surface area contributed by atoms with Gasteiger partial charge in [-0.2, -0.15) is 0 Å². The normalized spacial score (nSPS) is 21.1. The molecule has 0 aromatic carbocycles. The van der Waals surface area contributed by atoms with E-state index in [1.165, 1.54) is 0 Å². The molecule has 1 N–H and O–H groups in total. The zero-order valence-electron chi connectivity index (χ0n) is 10.7. The van der Waals surface area contributed by atoms with Crippen molar-refractivity contribution >= 4 is 11.7 Å². The van der Waals surface area contributed by atoms with E-state index in [9.17, 15) is 18.0 Å². The second-order valence-electron chi connectivity index (χ2n) is 5.30. The number of pyridine rings is 1. The molecule has 1 amide bonds. The number of hydrogen-bond donors (Lipinski definition) is 1. The zero-order valence-corrected chi connectivity index (χ0v) is 10.7. The number of likely N-dealkylation sites (tertiary alicyclic amines) is 1. The Balaban J connectivity index is 1.77. The molecule has 2 aliphatic rings. The number of alkyl halides is 2. The maximum absolute atomic E-state index is 13.3. The van der Waals surface area contributed by atoms with E-state index in [-0.39, 0.29) is 30.1 Å². The van der Waals surface area contributed by atoms with Gasteiger partial charge in [-0.15, -0.1) is 0 Å². The van der Waals surface area contributed by atoms with Crippen molar-refractivity contribution in [1.82, 2.24) is 9.88 Å². The molecule has 2 fully saturated rings. The van der Waals surface area contributed by atoms with Crippen LogP contribution in [0.5, 0.6) is 0 Å². The lowest BCUT2D eigenvalue weighted by molar-refractivity contribution is -0.0794. The Labute approximate surface area is 114 Å². The van der Waals surface area contributed by atoms with Gasteiger partial charge in [0.2, 0.25) is 0 Å². The van der Waals surface area contributed by atoms with Gasteiger partial charge in [-0.3, -0.25) is 4.79 Å². The van der Waals surface area contributed by atoms with Crippen LogP contribution in [-0.2, 0) is 0 Å². The van der Waals surface area contributed by atoms with E-state index in [0.717, 1.165) is 18.7 Å². The van der Waals surface area contributed by atoms with Crippen LogP contribution < -0.4 is 5.32 Å². The summed E-state index contributed by atoms with van der Waals surface area (Å²) in [5.41, 5.74) is 0.111. The molecule has 1 saturated carbocycles. The van der Waals surface area contributed by atoms with Crippen LogP contribution >= 0.6 is 0 Å². The molecule has 1 aliphatic heterocycles. The molecule has 3 rings (SSSR count). The smallest absolute Gasteiger partial charge is 0.257 e. The predicted octanol–water partition coefficient (Wildman–Crippen LogP) is 2.28. The summed E-state index contributed by atoms with van der Waals surface area (Å²) in [5.74, 6) is -3.39. The van der Waals surface area contributed by atoms with E-state index in [2.05, 4.69) is 10.3 Å². The van der Waals surface area contributed by atoms with Crippen molar-refractivity contribution in [2.24, 2.45) is 0 Å². The Morgan fingerprint density at radius 3 is 2.65 bits per heavy atom. The standard InChI is InChI=1S/C13H14F3N3O/c14-8-4-10(12(20)19-2-1-3-19)11(17-7-8)18-9-5-13(15,16)6-9/h4,7,9H,1-3,5-6H2,(H,17,18). The minimum atomic E-state index is -2.65. The van der Waals surface area contributed by atoms with Crippen LogP contribution in [0.2, 0.25) is 0 Å². The summed E-state index contributed by atoms with van der Waals surface area (Å²) in [5, 5.41) is 2.81. The van der Waals surface area contributed by atoms with Crippen molar-refractivity contribution in [3.63, 3.8) is 0 Å².